The second-order valence-corrected chi connectivity index (χ2v) is 6.53. The normalized spacial score (nSPS) is 11.0. The Balaban J connectivity index is 0.00000280. The molecular formula is C21H24ClIN4O. The zero-order chi connectivity index (χ0) is 19.1. The third kappa shape index (κ3) is 6.24. The van der Waals surface area contributed by atoms with Crippen molar-refractivity contribution in [3.8, 4) is 5.75 Å². The molecule has 0 aliphatic carbocycles. The first-order valence-corrected chi connectivity index (χ1v) is 9.17. The Kier molecular flexibility index (Phi) is 8.79. The van der Waals surface area contributed by atoms with Gasteiger partial charge >= 0.3 is 0 Å². The molecule has 2 N–H and O–H groups in total. The number of ether oxygens (including phenoxy) is 1. The summed E-state index contributed by atoms with van der Waals surface area (Å²) in [5.74, 6) is 1.64. The average molecular weight is 511 g/mol. The van der Waals surface area contributed by atoms with E-state index in [2.05, 4.69) is 44.9 Å². The molecule has 0 bridgehead atoms. The van der Waals surface area contributed by atoms with Crippen molar-refractivity contribution in [3.05, 3.63) is 71.0 Å². The lowest BCUT2D eigenvalue weighted by atomic mass is 10.1. The number of hydrogen-bond donors (Lipinski definition) is 2. The molecule has 5 nitrogen and oxygen atoms in total. The van der Waals surface area contributed by atoms with E-state index >= 15 is 0 Å². The highest BCUT2D eigenvalue weighted by atomic mass is 127. The van der Waals surface area contributed by atoms with Crippen molar-refractivity contribution >= 4 is 52.3 Å². The summed E-state index contributed by atoms with van der Waals surface area (Å²) in [6.45, 7) is 1.46. The molecule has 0 saturated carbocycles. The second kappa shape index (κ2) is 11.1. The standard InChI is InChI=1S/C21H23ClN4O.HI/c1-23-21(24-10-9-15-4-8-20(22)25-13-15)26-14-16-3-5-18-12-19(27-2)7-6-17(18)11-16;/h3-8,11-13H,9-10,14H2,1-2H3,(H2,23,24,26);1H. The zero-order valence-electron chi connectivity index (χ0n) is 15.9. The minimum Gasteiger partial charge on any atom is -0.497 e. The van der Waals surface area contributed by atoms with Crippen molar-refractivity contribution < 1.29 is 4.74 Å². The van der Waals surface area contributed by atoms with E-state index in [4.69, 9.17) is 16.3 Å². The Morgan fingerprint density at radius 1 is 1.04 bits per heavy atom. The van der Waals surface area contributed by atoms with E-state index < -0.39 is 0 Å². The second-order valence-electron chi connectivity index (χ2n) is 6.14. The Hall–Kier alpha value is -2.06. The predicted octanol–water partition coefficient (Wildman–Crippen LogP) is 4.42. The van der Waals surface area contributed by atoms with Crippen LogP contribution in [0.25, 0.3) is 10.8 Å². The summed E-state index contributed by atoms with van der Waals surface area (Å²) in [5.41, 5.74) is 2.32. The molecule has 0 aliphatic heterocycles. The molecule has 2 aromatic carbocycles. The molecule has 1 heterocycles. The molecule has 0 unspecified atom stereocenters. The molecule has 28 heavy (non-hydrogen) atoms. The molecule has 0 atom stereocenters. The zero-order valence-corrected chi connectivity index (χ0v) is 19.0. The van der Waals surface area contributed by atoms with Gasteiger partial charge in [0.25, 0.3) is 0 Å². The molecule has 1 aromatic heterocycles. The monoisotopic (exact) mass is 510 g/mol. The molecule has 0 spiro atoms. The largest absolute Gasteiger partial charge is 0.497 e. The Morgan fingerprint density at radius 2 is 1.79 bits per heavy atom. The van der Waals surface area contributed by atoms with Gasteiger partial charge in [0.15, 0.2) is 5.96 Å². The van der Waals surface area contributed by atoms with Crippen molar-refractivity contribution in [1.29, 1.82) is 0 Å². The van der Waals surface area contributed by atoms with Gasteiger partial charge in [0.05, 0.1) is 7.11 Å². The third-order valence-corrected chi connectivity index (χ3v) is 4.51. The molecule has 7 heteroatoms. The summed E-state index contributed by atoms with van der Waals surface area (Å²) < 4.78 is 5.27. The van der Waals surface area contributed by atoms with Crippen LogP contribution in [0.1, 0.15) is 11.1 Å². The van der Waals surface area contributed by atoms with E-state index in [1.54, 1.807) is 26.4 Å². The minimum absolute atomic E-state index is 0. The summed E-state index contributed by atoms with van der Waals surface area (Å²) >= 11 is 5.81. The average Bonchev–Trinajstić information content (AvgIpc) is 2.71. The molecule has 0 amide bonds. The van der Waals surface area contributed by atoms with Crippen LogP contribution >= 0.6 is 35.6 Å². The number of benzene rings is 2. The van der Waals surface area contributed by atoms with Gasteiger partial charge in [-0.2, -0.15) is 0 Å². The lowest BCUT2D eigenvalue weighted by molar-refractivity contribution is 0.415. The molecule has 3 aromatic rings. The first-order chi connectivity index (χ1) is 13.2. The van der Waals surface area contributed by atoms with Gasteiger partial charge in [-0.05, 0) is 52.6 Å². The van der Waals surface area contributed by atoms with Gasteiger partial charge in [-0.3, -0.25) is 4.99 Å². The highest BCUT2D eigenvalue weighted by molar-refractivity contribution is 14.0. The first kappa shape index (κ1) is 22.2. The van der Waals surface area contributed by atoms with Crippen LogP contribution in [0.15, 0.2) is 59.7 Å². The molecule has 0 saturated heterocycles. The quantitative estimate of drug-likeness (QED) is 0.223. The van der Waals surface area contributed by atoms with Gasteiger partial charge in [0.1, 0.15) is 10.9 Å². The molecule has 3 rings (SSSR count). The van der Waals surface area contributed by atoms with Crippen LogP contribution in [-0.2, 0) is 13.0 Å². The van der Waals surface area contributed by atoms with Crippen molar-refractivity contribution in [2.75, 3.05) is 20.7 Å². The van der Waals surface area contributed by atoms with Crippen molar-refractivity contribution in [3.63, 3.8) is 0 Å². The Morgan fingerprint density at radius 3 is 2.50 bits per heavy atom. The number of nitrogens with one attached hydrogen (secondary N) is 2. The molecule has 0 fully saturated rings. The van der Waals surface area contributed by atoms with Crippen LogP contribution in [0.2, 0.25) is 5.15 Å². The van der Waals surface area contributed by atoms with Gasteiger partial charge in [0.2, 0.25) is 0 Å². The maximum atomic E-state index is 5.81. The number of pyridine rings is 1. The number of aromatic nitrogens is 1. The third-order valence-electron chi connectivity index (χ3n) is 4.29. The van der Waals surface area contributed by atoms with Crippen molar-refractivity contribution in [2.24, 2.45) is 4.99 Å². The lowest BCUT2D eigenvalue weighted by Gasteiger charge is -2.12. The minimum atomic E-state index is 0. The van der Waals surface area contributed by atoms with Crippen LogP contribution in [0.3, 0.4) is 0 Å². The maximum absolute atomic E-state index is 5.81. The SMILES string of the molecule is CN=C(NCCc1ccc(Cl)nc1)NCc1ccc2cc(OC)ccc2c1.I. The number of fused-ring (bicyclic) bond motifs is 1. The van der Waals surface area contributed by atoms with E-state index in [1.165, 1.54) is 10.9 Å². The van der Waals surface area contributed by atoms with E-state index in [0.29, 0.717) is 11.7 Å². The lowest BCUT2D eigenvalue weighted by Crippen LogP contribution is -2.37. The molecular weight excluding hydrogens is 487 g/mol. The van der Waals surface area contributed by atoms with E-state index in [-0.39, 0.29) is 24.0 Å². The topological polar surface area (TPSA) is 58.5 Å². The summed E-state index contributed by atoms with van der Waals surface area (Å²) in [7, 11) is 3.45. The summed E-state index contributed by atoms with van der Waals surface area (Å²) in [6.07, 6.45) is 2.65. The number of hydrogen-bond acceptors (Lipinski definition) is 3. The van der Waals surface area contributed by atoms with Gasteiger partial charge < -0.3 is 15.4 Å². The van der Waals surface area contributed by atoms with E-state index in [0.717, 1.165) is 35.6 Å². The van der Waals surface area contributed by atoms with E-state index in [9.17, 15) is 0 Å². The summed E-state index contributed by atoms with van der Waals surface area (Å²) in [6, 6.07) is 16.3. The predicted molar refractivity (Wildman–Crippen MR) is 127 cm³/mol. The van der Waals surface area contributed by atoms with E-state index in [1.807, 2.05) is 18.2 Å². The number of halogens is 2. The Bertz CT molecular complexity index is 931. The fraction of sp³-hybridized carbons (Fsp3) is 0.238. The number of methoxy groups -OCH3 is 1. The molecule has 148 valence electrons. The highest BCUT2D eigenvalue weighted by Gasteiger charge is 2.02. The first-order valence-electron chi connectivity index (χ1n) is 8.79. The maximum Gasteiger partial charge on any atom is 0.191 e. The fourth-order valence-electron chi connectivity index (χ4n) is 2.80. The van der Waals surface area contributed by atoms with Crippen molar-refractivity contribution in [2.45, 2.75) is 13.0 Å². The summed E-state index contributed by atoms with van der Waals surface area (Å²) in [5, 5.41) is 9.53. The number of nitrogens with zero attached hydrogens (tertiary/aromatic N) is 2. The van der Waals surface area contributed by atoms with Gasteiger partial charge in [-0.1, -0.05) is 35.9 Å². The van der Waals surface area contributed by atoms with Crippen molar-refractivity contribution in [1.82, 2.24) is 15.6 Å². The summed E-state index contributed by atoms with van der Waals surface area (Å²) in [4.78, 5) is 8.37. The number of aliphatic imine (C=N–C) groups is 1. The van der Waals surface area contributed by atoms with Crippen LogP contribution in [-0.4, -0.2) is 31.6 Å². The fourth-order valence-corrected chi connectivity index (χ4v) is 2.91. The van der Waals surface area contributed by atoms with Gasteiger partial charge in [-0.15, -0.1) is 24.0 Å². The molecule has 0 aliphatic rings. The molecule has 0 radical (unpaired) electrons. The van der Waals surface area contributed by atoms with Gasteiger partial charge in [0, 0.05) is 26.3 Å². The number of guanidine groups is 1. The Labute approximate surface area is 187 Å². The van der Waals surface area contributed by atoms with Crippen LogP contribution in [0.5, 0.6) is 5.75 Å². The van der Waals surface area contributed by atoms with Crippen LogP contribution < -0.4 is 15.4 Å². The van der Waals surface area contributed by atoms with Crippen LogP contribution in [0, 0.1) is 0 Å². The highest BCUT2D eigenvalue weighted by Crippen LogP contribution is 2.21. The van der Waals surface area contributed by atoms with Gasteiger partial charge in [-0.25, -0.2) is 4.98 Å². The number of rotatable bonds is 6. The van der Waals surface area contributed by atoms with Crippen LogP contribution in [0.4, 0.5) is 0 Å². The smallest absolute Gasteiger partial charge is 0.191 e.